The highest BCUT2D eigenvalue weighted by Gasteiger charge is 2.14. The van der Waals surface area contributed by atoms with Crippen LogP contribution < -0.4 is 0 Å². The second-order valence-corrected chi connectivity index (χ2v) is 4.81. The van der Waals surface area contributed by atoms with Crippen molar-refractivity contribution in [2.45, 2.75) is 27.3 Å². The second kappa shape index (κ2) is 5.82. The number of hydrogen-bond acceptors (Lipinski definition) is 2. The summed E-state index contributed by atoms with van der Waals surface area (Å²) in [6.07, 6.45) is 0. The molecule has 0 aromatic heterocycles. The second-order valence-electron chi connectivity index (χ2n) is 4.81. The van der Waals surface area contributed by atoms with Crippen LogP contribution >= 0.6 is 0 Å². The van der Waals surface area contributed by atoms with Crippen LogP contribution in [0.5, 0.6) is 0 Å². The summed E-state index contributed by atoms with van der Waals surface area (Å²) in [5.74, 6) is -1.07. The van der Waals surface area contributed by atoms with Crippen LogP contribution in [0.1, 0.15) is 23.6 Å². The lowest BCUT2D eigenvalue weighted by Gasteiger charge is -2.21. The first kappa shape index (κ1) is 13.7. The molecular formula is C14H21NO2. The van der Waals surface area contributed by atoms with E-state index in [9.17, 15) is 4.79 Å². The molecule has 0 aliphatic heterocycles. The Morgan fingerprint density at radius 3 is 2.35 bits per heavy atom. The van der Waals surface area contributed by atoms with Gasteiger partial charge in [0.25, 0.3) is 0 Å². The van der Waals surface area contributed by atoms with Crippen LogP contribution in [0.2, 0.25) is 0 Å². The first-order chi connectivity index (χ1) is 7.91. The van der Waals surface area contributed by atoms with E-state index in [-0.39, 0.29) is 5.92 Å². The minimum absolute atomic E-state index is 0.329. The molecule has 1 unspecified atom stereocenters. The lowest BCUT2D eigenvalue weighted by atomic mass is 10.0. The van der Waals surface area contributed by atoms with Gasteiger partial charge in [0.2, 0.25) is 0 Å². The number of hydrogen-bond donors (Lipinski definition) is 1. The lowest BCUT2D eigenvalue weighted by molar-refractivity contribution is -0.141. The van der Waals surface area contributed by atoms with E-state index in [2.05, 4.69) is 30.9 Å². The van der Waals surface area contributed by atoms with Gasteiger partial charge in [0.05, 0.1) is 5.92 Å². The molecule has 1 rings (SSSR count). The molecule has 94 valence electrons. The quantitative estimate of drug-likeness (QED) is 0.852. The predicted octanol–water partition coefficient (Wildman–Crippen LogP) is 2.46. The number of rotatable bonds is 5. The van der Waals surface area contributed by atoms with Gasteiger partial charge < -0.3 is 10.0 Å². The fourth-order valence-electron chi connectivity index (χ4n) is 1.98. The molecule has 0 amide bonds. The van der Waals surface area contributed by atoms with Crippen LogP contribution in [0.3, 0.4) is 0 Å². The summed E-state index contributed by atoms with van der Waals surface area (Å²) in [5, 5.41) is 8.88. The number of aryl methyl sites for hydroxylation is 2. The Morgan fingerprint density at radius 2 is 1.88 bits per heavy atom. The van der Waals surface area contributed by atoms with E-state index >= 15 is 0 Å². The third kappa shape index (κ3) is 3.86. The van der Waals surface area contributed by atoms with Crippen molar-refractivity contribution in [1.29, 1.82) is 0 Å². The van der Waals surface area contributed by atoms with Gasteiger partial charge in [-0.1, -0.05) is 25.1 Å². The monoisotopic (exact) mass is 235 g/mol. The van der Waals surface area contributed by atoms with Gasteiger partial charge in [-0.05, 0) is 37.6 Å². The van der Waals surface area contributed by atoms with Gasteiger partial charge in [0.1, 0.15) is 0 Å². The molecule has 0 radical (unpaired) electrons. The molecule has 0 fully saturated rings. The Morgan fingerprint density at radius 1 is 1.35 bits per heavy atom. The normalized spacial score (nSPS) is 12.8. The molecule has 0 aliphatic carbocycles. The van der Waals surface area contributed by atoms with Crippen molar-refractivity contribution in [2.24, 2.45) is 5.92 Å². The Hall–Kier alpha value is -1.35. The van der Waals surface area contributed by atoms with Gasteiger partial charge in [-0.2, -0.15) is 0 Å². The van der Waals surface area contributed by atoms with Crippen LogP contribution in [-0.2, 0) is 11.3 Å². The van der Waals surface area contributed by atoms with E-state index < -0.39 is 5.97 Å². The van der Waals surface area contributed by atoms with E-state index in [1.54, 1.807) is 6.92 Å². The first-order valence-corrected chi connectivity index (χ1v) is 5.88. The number of carboxylic acids is 1. The van der Waals surface area contributed by atoms with Crippen molar-refractivity contribution in [3.63, 3.8) is 0 Å². The minimum atomic E-state index is -0.738. The first-order valence-electron chi connectivity index (χ1n) is 5.88. The van der Waals surface area contributed by atoms with E-state index in [0.29, 0.717) is 6.54 Å². The van der Waals surface area contributed by atoms with E-state index in [1.807, 2.05) is 13.1 Å². The molecular weight excluding hydrogens is 214 g/mol. The molecule has 1 aromatic carbocycles. The van der Waals surface area contributed by atoms with Crippen LogP contribution in [0, 0.1) is 19.8 Å². The summed E-state index contributed by atoms with van der Waals surface area (Å²) in [6, 6.07) is 6.24. The molecule has 3 heteroatoms. The summed E-state index contributed by atoms with van der Waals surface area (Å²) in [7, 11) is 1.96. The van der Waals surface area contributed by atoms with Gasteiger partial charge in [0, 0.05) is 13.1 Å². The number of carboxylic acid groups (broad SMARTS) is 1. The SMILES string of the molecule is Cc1cccc(C)c1CN(C)CC(C)C(=O)O. The highest BCUT2D eigenvalue weighted by Crippen LogP contribution is 2.15. The number of nitrogens with zero attached hydrogens (tertiary/aromatic N) is 1. The van der Waals surface area contributed by atoms with Crippen molar-refractivity contribution in [1.82, 2.24) is 4.90 Å². The van der Waals surface area contributed by atoms with Gasteiger partial charge in [-0.3, -0.25) is 4.79 Å². The molecule has 1 aromatic rings. The van der Waals surface area contributed by atoms with E-state index in [1.165, 1.54) is 16.7 Å². The third-order valence-corrected chi connectivity index (χ3v) is 3.08. The lowest BCUT2D eigenvalue weighted by Crippen LogP contribution is -2.28. The fourth-order valence-corrected chi connectivity index (χ4v) is 1.98. The maximum absolute atomic E-state index is 10.8. The number of aliphatic carboxylic acids is 1. The molecule has 0 heterocycles. The zero-order valence-electron chi connectivity index (χ0n) is 11.0. The Kier molecular flexibility index (Phi) is 4.70. The minimum Gasteiger partial charge on any atom is -0.481 e. The van der Waals surface area contributed by atoms with Crippen LogP contribution in [0.25, 0.3) is 0 Å². The predicted molar refractivity (Wildman–Crippen MR) is 69.0 cm³/mol. The largest absolute Gasteiger partial charge is 0.481 e. The molecule has 0 saturated heterocycles. The van der Waals surface area contributed by atoms with E-state index in [0.717, 1.165) is 6.54 Å². The third-order valence-electron chi connectivity index (χ3n) is 3.08. The standard InChI is InChI=1S/C14H21NO2/c1-10-6-5-7-11(2)13(10)9-15(4)8-12(3)14(16)17/h5-7,12H,8-9H2,1-4H3,(H,16,17). The average Bonchev–Trinajstić information content (AvgIpc) is 2.23. The molecule has 17 heavy (non-hydrogen) atoms. The maximum Gasteiger partial charge on any atom is 0.307 e. The number of carbonyl (C=O) groups is 1. The molecule has 0 spiro atoms. The summed E-state index contributed by atoms with van der Waals surface area (Å²) in [5.41, 5.74) is 3.83. The van der Waals surface area contributed by atoms with Crippen molar-refractivity contribution >= 4 is 5.97 Å². The van der Waals surface area contributed by atoms with Gasteiger partial charge in [-0.25, -0.2) is 0 Å². The van der Waals surface area contributed by atoms with Crippen LogP contribution in [0.15, 0.2) is 18.2 Å². The van der Waals surface area contributed by atoms with Crippen molar-refractivity contribution in [3.05, 3.63) is 34.9 Å². The fraction of sp³-hybridized carbons (Fsp3) is 0.500. The van der Waals surface area contributed by atoms with Crippen LogP contribution in [0.4, 0.5) is 0 Å². The van der Waals surface area contributed by atoms with Crippen molar-refractivity contribution in [3.8, 4) is 0 Å². The van der Waals surface area contributed by atoms with Gasteiger partial charge in [-0.15, -0.1) is 0 Å². The van der Waals surface area contributed by atoms with E-state index in [4.69, 9.17) is 5.11 Å². The van der Waals surface area contributed by atoms with Crippen molar-refractivity contribution < 1.29 is 9.90 Å². The molecule has 0 aliphatic rings. The van der Waals surface area contributed by atoms with Crippen molar-refractivity contribution in [2.75, 3.05) is 13.6 Å². The smallest absolute Gasteiger partial charge is 0.307 e. The molecule has 1 N–H and O–H groups in total. The molecule has 3 nitrogen and oxygen atoms in total. The summed E-state index contributed by atoms with van der Waals surface area (Å²) >= 11 is 0. The molecule has 0 saturated carbocycles. The van der Waals surface area contributed by atoms with Gasteiger partial charge in [0.15, 0.2) is 0 Å². The highest BCUT2D eigenvalue weighted by atomic mass is 16.4. The Balaban J connectivity index is 2.68. The Labute approximate surface area is 103 Å². The average molecular weight is 235 g/mol. The zero-order chi connectivity index (χ0) is 13.0. The zero-order valence-corrected chi connectivity index (χ0v) is 11.0. The molecule has 1 atom stereocenters. The summed E-state index contributed by atoms with van der Waals surface area (Å²) in [6.45, 7) is 7.30. The van der Waals surface area contributed by atoms with Gasteiger partial charge >= 0.3 is 5.97 Å². The highest BCUT2D eigenvalue weighted by molar-refractivity contribution is 5.69. The Bertz CT molecular complexity index is 381. The topological polar surface area (TPSA) is 40.5 Å². The summed E-state index contributed by atoms with van der Waals surface area (Å²) < 4.78 is 0. The summed E-state index contributed by atoms with van der Waals surface area (Å²) in [4.78, 5) is 12.9. The van der Waals surface area contributed by atoms with Crippen LogP contribution in [-0.4, -0.2) is 29.6 Å². The number of benzene rings is 1. The maximum atomic E-state index is 10.8. The molecule has 0 bridgehead atoms.